The summed E-state index contributed by atoms with van der Waals surface area (Å²) in [6, 6.07) is 106. The van der Waals surface area contributed by atoms with Crippen molar-refractivity contribution < 1.29 is 0 Å². The van der Waals surface area contributed by atoms with Crippen LogP contribution in [0.2, 0.25) is 0 Å². The van der Waals surface area contributed by atoms with Crippen molar-refractivity contribution in [2.24, 2.45) is 0 Å². The summed E-state index contributed by atoms with van der Waals surface area (Å²) in [6.45, 7) is 7.09. The van der Waals surface area contributed by atoms with Crippen molar-refractivity contribution >= 4 is 43.1 Å². The van der Waals surface area contributed by atoms with Gasteiger partial charge in [-0.25, -0.2) is 29.9 Å². The predicted molar refractivity (Wildman–Crippen MR) is 386 cm³/mol. The molecule has 2 aliphatic carbocycles. The molecule has 6 nitrogen and oxygen atoms in total. The van der Waals surface area contributed by atoms with Crippen molar-refractivity contribution in [2.75, 3.05) is 0 Å². The van der Waals surface area contributed by atoms with Gasteiger partial charge in [0.15, 0.2) is 29.1 Å². The van der Waals surface area contributed by atoms with Crippen LogP contribution in [-0.2, 0) is 17.3 Å². The first-order valence-electron chi connectivity index (χ1n) is 32.3. The van der Waals surface area contributed by atoms with Crippen molar-refractivity contribution in [3.8, 4) is 113 Å². The van der Waals surface area contributed by atoms with E-state index in [2.05, 4.69) is 317 Å². The molecule has 18 rings (SSSR count). The summed E-state index contributed by atoms with van der Waals surface area (Å²) in [7, 11) is 0. The van der Waals surface area contributed by atoms with Crippen molar-refractivity contribution in [2.45, 2.75) is 38.0 Å². The largest absolute Gasteiger partial charge is 0.217 e. The lowest BCUT2D eigenvalue weighted by molar-refractivity contribution is 0.583. The Morgan fingerprint density at radius 2 is 0.585 bits per heavy atom. The van der Waals surface area contributed by atoms with Gasteiger partial charge in [-0.1, -0.05) is 276 Å². The van der Waals surface area contributed by atoms with Gasteiger partial charge in [-0.15, -0.1) is 0 Å². The van der Waals surface area contributed by atoms with Crippen LogP contribution < -0.4 is 0 Å². The molecule has 0 saturated heterocycles. The Morgan fingerprint density at radius 3 is 1.13 bits per heavy atom. The van der Waals surface area contributed by atoms with Crippen LogP contribution in [0.1, 0.15) is 48.6 Å². The summed E-state index contributed by atoms with van der Waals surface area (Å²) in [6.07, 6.45) is 2.47. The quantitative estimate of drug-likeness (QED) is 0.136. The molecule has 2 aliphatic rings. The van der Waals surface area contributed by atoms with E-state index in [4.69, 9.17) is 24.9 Å². The highest BCUT2D eigenvalue weighted by molar-refractivity contribution is 5.99. The van der Waals surface area contributed by atoms with Gasteiger partial charge in [0.25, 0.3) is 0 Å². The van der Waals surface area contributed by atoms with Crippen LogP contribution in [0.5, 0.6) is 0 Å². The molecule has 0 N–H and O–H groups in total. The number of aromatic nitrogens is 6. The average Bonchev–Trinajstić information content (AvgIpc) is 1.57. The van der Waals surface area contributed by atoms with Crippen LogP contribution in [0.3, 0.4) is 0 Å². The minimum atomic E-state index is -0.272. The number of nitrogens with zero attached hydrogens (tertiary/aromatic N) is 6. The van der Waals surface area contributed by atoms with Crippen LogP contribution in [0, 0.1) is 0 Å². The van der Waals surface area contributed by atoms with E-state index in [1.54, 1.807) is 6.33 Å². The van der Waals surface area contributed by atoms with Gasteiger partial charge in [0.2, 0.25) is 0 Å². The van der Waals surface area contributed by atoms with Gasteiger partial charge in [-0.05, 0) is 169 Å². The summed E-state index contributed by atoms with van der Waals surface area (Å²) < 4.78 is 0. The molecule has 0 spiro atoms. The predicted octanol–water partition coefficient (Wildman–Crippen LogP) is 21.8. The Labute approximate surface area is 545 Å². The van der Waals surface area contributed by atoms with E-state index in [9.17, 15) is 0 Å². The molecule has 16 aromatic rings. The molecule has 0 saturated carbocycles. The fraction of sp³-hybridized carbons (Fsp3) is 0.0682. The fourth-order valence-electron chi connectivity index (χ4n) is 15.2. The van der Waals surface area contributed by atoms with Gasteiger partial charge >= 0.3 is 0 Å². The van der Waals surface area contributed by atoms with Crippen LogP contribution in [0.4, 0.5) is 0 Å². The second-order valence-electron chi connectivity index (χ2n) is 26.1. The van der Waals surface area contributed by atoms with E-state index >= 15 is 0 Å². The third-order valence-corrected chi connectivity index (χ3v) is 20.1. The molecule has 1 atom stereocenters. The second kappa shape index (κ2) is 21.7. The van der Waals surface area contributed by atoms with E-state index in [0.717, 1.165) is 77.9 Å². The molecule has 0 fully saturated rings. The normalized spacial score (nSPS) is 14.3. The van der Waals surface area contributed by atoms with Gasteiger partial charge in [-0.2, -0.15) is 0 Å². The molecule has 0 amide bonds. The Morgan fingerprint density at radius 1 is 0.245 bits per heavy atom. The zero-order valence-electron chi connectivity index (χ0n) is 52.2. The van der Waals surface area contributed by atoms with Crippen molar-refractivity contribution in [1.82, 2.24) is 29.9 Å². The van der Waals surface area contributed by atoms with Crippen LogP contribution >= 0.6 is 0 Å². The van der Waals surface area contributed by atoms with E-state index < -0.39 is 0 Å². The molecule has 0 aliphatic heterocycles. The smallest absolute Gasteiger partial charge is 0.164 e. The van der Waals surface area contributed by atoms with Crippen molar-refractivity contribution in [3.05, 3.63) is 325 Å². The summed E-state index contributed by atoms with van der Waals surface area (Å²) in [5.74, 6) is 3.19. The fourth-order valence-corrected chi connectivity index (χ4v) is 15.2. The van der Waals surface area contributed by atoms with Crippen LogP contribution in [-0.4, -0.2) is 29.9 Å². The molecular weight excluding hydrogens is 1140 g/mol. The topological polar surface area (TPSA) is 77.3 Å². The number of hydrogen-bond donors (Lipinski definition) is 0. The van der Waals surface area contributed by atoms with Gasteiger partial charge < -0.3 is 0 Å². The number of benzene rings is 14. The second-order valence-corrected chi connectivity index (χ2v) is 26.1. The SMILES string of the molecule is CC1(C)c2ccccc2-c2c(-c3ccc4ccc(-c5ncnc(-c6ccc(-c7ccc(CC8(C)c9ccccc9-c9c(-c%10ccc%11ccc(-c%12nc(-c%13ccc%14ccccc%14c%13)nc(-c%13ccc%14ccccc%14c%13)n%12)cc%11c%10)cccc98)cc7)cc6)n5)cc4c3)cccc21. The van der Waals surface area contributed by atoms with Gasteiger partial charge in [0.1, 0.15) is 6.33 Å². The maximum Gasteiger partial charge on any atom is 0.164 e. The third kappa shape index (κ3) is 9.23. The van der Waals surface area contributed by atoms with Gasteiger partial charge in [0, 0.05) is 38.6 Å². The molecular formula is C88H60N6. The Kier molecular flexibility index (Phi) is 12.7. The van der Waals surface area contributed by atoms with E-state index in [-0.39, 0.29) is 10.8 Å². The minimum Gasteiger partial charge on any atom is -0.217 e. The van der Waals surface area contributed by atoms with E-state index in [1.807, 2.05) is 0 Å². The minimum absolute atomic E-state index is 0.0604. The maximum atomic E-state index is 5.22. The molecule has 0 bridgehead atoms. The van der Waals surface area contributed by atoms with Crippen molar-refractivity contribution in [1.29, 1.82) is 0 Å². The highest BCUT2D eigenvalue weighted by atomic mass is 15.0. The van der Waals surface area contributed by atoms with E-state index in [0.29, 0.717) is 29.1 Å². The summed E-state index contributed by atoms with van der Waals surface area (Å²) in [4.78, 5) is 30.0. The molecule has 2 aromatic heterocycles. The molecule has 1 unspecified atom stereocenters. The standard InChI is InChI=1S/C88H60N6/c1-87(2)76-22-10-8-18-74(76)80-72(20-12-24-78(80)87)64-40-32-59-36-42-66(50-70(59)48-64)83-90-53-89-82(91-83)61-38-30-58(31-39-61)57-28-26-54(27-29-57)52-88(3)77-23-11-9-19-75(77)81-73(21-13-25-79(81)88)65-41-33-60-37-45-69(51-71(60)49-65)86-93-84(67-43-34-55-14-4-6-16-62(55)46-67)92-85(94-86)68-44-35-56-15-5-7-17-63(56)47-68/h4-51,53H,52H2,1-3H3. The first-order valence-corrected chi connectivity index (χ1v) is 32.3. The third-order valence-electron chi connectivity index (χ3n) is 20.1. The van der Waals surface area contributed by atoms with E-state index in [1.165, 1.54) is 82.9 Å². The average molecular weight is 1200 g/mol. The molecule has 6 heteroatoms. The number of fused-ring (bicyclic) bond motifs is 10. The van der Waals surface area contributed by atoms with Crippen LogP contribution in [0.15, 0.2) is 298 Å². The lowest BCUT2D eigenvalue weighted by atomic mass is 9.75. The lowest BCUT2D eigenvalue weighted by Crippen LogP contribution is -2.23. The summed E-state index contributed by atoms with van der Waals surface area (Å²) in [5.41, 5.74) is 23.4. The summed E-state index contributed by atoms with van der Waals surface area (Å²) >= 11 is 0. The zero-order chi connectivity index (χ0) is 62.7. The van der Waals surface area contributed by atoms with Crippen LogP contribution in [0.25, 0.3) is 156 Å². The Bertz CT molecular complexity index is 5670. The van der Waals surface area contributed by atoms with Crippen molar-refractivity contribution in [3.63, 3.8) is 0 Å². The maximum absolute atomic E-state index is 5.22. The zero-order valence-corrected chi connectivity index (χ0v) is 52.2. The highest BCUT2D eigenvalue weighted by Crippen LogP contribution is 2.55. The van der Waals surface area contributed by atoms with Gasteiger partial charge in [-0.3, -0.25) is 0 Å². The summed E-state index contributed by atoms with van der Waals surface area (Å²) in [5, 5.41) is 9.20. The van der Waals surface area contributed by atoms with Gasteiger partial charge in [0.05, 0.1) is 0 Å². The first kappa shape index (κ1) is 55.0. The molecule has 0 radical (unpaired) electrons. The Hall–Kier alpha value is -11.9. The molecule has 2 heterocycles. The lowest BCUT2D eigenvalue weighted by Gasteiger charge is -2.28. The molecule has 14 aromatic carbocycles. The molecule has 442 valence electrons. The Balaban J connectivity index is 0.615. The monoisotopic (exact) mass is 1200 g/mol. The first-order chi connectivity index (χ1) is 46.1. The highest BCUT2D eigenvalue weighted by Gasteiger charge is 2.41. The number of hydrogen-bond acceptors (Lipinski definition) is 6. The molecule has 94 heavy (non-hydrogen) atoms. The number of rotatable bonds is 10.